The summed E-state index contributed by atoms with van der Waals surface area (Å²) in [6.07, 6.45) is 3.50. The molecule has 17 heavy (non-hydrogen) atoms. The SMILES string of the molecule is S=c1[nH]c2c(n1-c1ccccc1)NCCCC2. The number of imidazole rings is 1. The minimum Gasteiger partial charge on any atom is -0.370 e. The van der Waals surface area contributed by atoms with Gasteiger partial charge in [-0.1, -0.05) is 18.2 Å². The van der Waals surface area contributed by atoms with E-state index in [1.54, 1.807) is 0 Å². The summed E-state index contributed by atoms with van der Waals surface area (Å²) in [5, 5.41) is 3.48. The summed E-state index contributed by atoms with van der Waals surface area (Å²) in [6, 6.07) is 10.2. The molecule has 88 valence electrons. The fraction of sp³-hybridized carbons (Fsp3) is 0.308. The third-order valence-corrected chi connectivity index (χ3v) is 3.42. The third kappa shape index (κ3) is 1.89. The van der Waals surface area contributed by atoms with Crippen LogP contribution in [0.4, 0.5) is 5.82 Å². The van der Waals surface area contributed by atoms with Gasteiger partial charge >= 0.3 is 0 Å². The number of para-hydroxylation sites is 1. The molecule has 0 amide bonds. The molecule has 0 saturated heterocycles. The van der Waals surface area contributed by atoms with Crippen molar-refractivity contribution in [3.63, 3.8) is 0 Å². The van der Waals surface area contributed by atoms with Crippen molar-refractivity contribution in [3.8, 4) is 5.69 Å². The van der Waals surface area contributed by atoms with Crippen LogP contribution in [0, 0.1) is 4.77 Å². The van der Waals surface area contributed by atoms with E-state index in [1.807, 2.05) is 18.2 Å². The Balaban J connectivity index is 2.17. The molecule has 4 heteroatoms. The summed E-state index contributed by atoms with van der Waals surface area (Å²) in [7, 11) is 0. The van der Waals surface area contributed by atoms with Crippen LogP contribution >= 0.6 is 12.2 Å². The third-order valence-electron chi connectivity index (χ3n) is 3.13. The normalized spacial score (nSPS) is 14.8. The second kappa shape index (κ2) is 4.37. The highest BCUT2D eigenvalue weighted by molar-refractivity contribution is 7.71. The first kappa shape index (κ1) is 10.6. The maximum atomic E-state index is 5.41. The van der Waals surface area contributed by atoms with Gasteiger partial charge in [-0.2, -0.15) is 0 Å². The monoisotopic (exact) mass is 245 g/mol. The summed E-state index contributed by atoms with van der Waals surface area (Å²) < 4.78 is 2.87. The van der Waals surface area contributed by atoms with Crippen LogP contribution in [0.2, 0.25) is 0 Å². The first-order chi connectivity index (χ1) is 8.36. The first-order valence-electron chi connectivity index (χ1n) is 5.99. The van der Waals surface area contributed by atoms with Crippen molar-refractivity contribution in [3.05, 3.63) is 40.8 Å². The van der Waals surface area contributed by atoms with E-state index in [0.29, 0.717) is 0 Å². The number of H-pyrrole nitrogens is 1. The summed E-state index contributed by atoms with van der Waals surface area (Å²) in [4.78, 5) is 3.32. The Bertz CT molecular complexity index is 568. The van der Waals surface area contributed by atoms with Gasteiger partial charge in [0.1, 0.15) is 5.82 Å². The lowest BCUT2D eigenvalue weighted by molar-refractivity contribution is 0.772. The van der Waals surface area contributed by atoms with Gasteiger partial charge in [0.2, 0.25) is 0 Å². The van der Waals surface area contributed by atoms with Gasteiger partial charge in [-0.25, -0.2) is 0 Å². The van der Waals surface area contributed by atoms with Crippen molar-refractivity contribution in [2.45, 2.75) is 19.3 Å². The van der Waals surface area contributed by atoms with Crippen LogP contribution in [0.3, 0.4) is 0 Å². The molecule has 0 radical (unpaired) electrons. The van der Waals surface area contributed by atoms with Gasteiger partial charge in [0.15, 0.2) is 4.77 Å². The van der Waals surface area contributed by atoms with Gasteiger partial charge in [-0.3, -0.25) is 4.57 Å². The van der Waals surface area contributed by atoms with E-state index >= 15 is 0 Å². The lowest BCUT2D eigenvalue weighted by atomic mass is 10.2. The Morgan fingerprint density at radius 1 is 1.12 bits per heavy atom. The lowest BCUT2D eigenvalue weighted by Crippen LogP contribution is -2.05. The molecule has 0 unspecified atom stereocenters. The van der Waals surface area contributed by atoms with Crippen LogP contribution in [0.5, 0.6) is 0 Å². The Kier molecular flexibility index (Phi) is 2.73. The highest BCUT2D eigenvalue weighted by Crippen LogP contribution is 2.24. The number of nitrogens with one attached hydrogen (secondary N) is 2. The summed E-state index contributed by atoms with van der Waals surface area (Å²) in [5.41, 5.74) is 2.35. The number of benzene rings is 1. The average Bonchev–Trinajstić information content (AvgIpc) is 2.52. The van der Waals surface area contributed by atoms with E-state index in [-0.39, 0.29) is 0 Å². The van der Waals surface area contributed by atoms with Gasteiger partial charge in [-0.15, -0.1) is 0 Å². The molecule has 1 aromatic carbocycles. The second-order valence-electron chi connectivity index (χ2n) is 4.31. The standard InChI is InChI=1S/C13H15N3S/c17-13-15-11-8-4-5-9-14-12(11)16(13)10-6-2-1-3-7-10/h1-3,6-7,14H,4-5,8-9H2,(H,15,17). The molecule has 3 rings (SSSR count). The van der Waals surface area contributed by atoms with E-state index in [1.165, 1.54) is 18.5 Å². The van der Waals surface area contributed by atoms with Crippen LogP contribution < -0.4 is 5.32 Å². The first-order valence-corrected chi connectivity index (χ1v) is 6.40. The number of aromatic nitrogens is 2. The topological polar surface area (TPSA) is 32.8 Å². The van der Waals surface area contributed by atoms with Gasteiger partial charge < -0.3 is 10.3 Å². The zero-order chi connectivity index (χ0) is 11.7. The maximum Gasteiger partial charge on any atom is 0.183 e. The fourth-order valence-corrected chi connectivity index (χ4v) is 2.62. The predicted octanol–water partition coefficient (Wildman–Crippen LogP) is 3.28. The average molecular weight is 245 g/mol. The maximum absolute atomic E-state index is 5.41. The van der Waals surface area contributed by atoms with Gasteiger partial charge in [-0.05, 0) is 43.6 Å². The molecule has 0 bridgehead atoms. The summed E-state index contributed by atoms with van der Waals surface area (Å²) in [5.74, 6) is 1.14. The minimum absolute atomic E-state index is 0.774. The number of aromatic amines is 1. The molecule has 3 nitrogen and oxygen atoms in total. The Labute approximate surface area is 105 Å². The summed E-state index contributed by atoms with van der Waals surface area (Å²) >= 11 is 5.41. The van der Waals surface area contributed by atoms with Crippen LogP contribution in [0.25, 0.3) is 5.69 Å². The Morgan fingerprint density at radius 2 is 1.94 bits per heavy atom. The molecule has 0 atom stereocenters. The second-order valence-corrected chi connectivity index (χ2v) is 4.70. The molecular formula is C13H15N3S. The Hall–Kier alpha value is -1.55. The molecule has 1 aliphatic heterocycles. The molecule has 2 heterocycles. The molecule has 1 aliphatic rings. The van der Waals surface area contributed by atoms with Crippen molar-refractivity contribution in [1.82, 2.24) is 9.55 Å². The smallest absolute Gasteiger partial charge is 0.183 e. The van der Waals surface area contributed by atoms with E-state index in [0.717, 1.165) is 29.2 Å². The number of hydrogen-bond acceptors (Lipinski definition) is 2. The van der Waals surface area contributed by atoms with Crippen molar-refractivity contribution in [1.29, 1.82) is 0 Å². The van der Waals surface area contributed by atoms with Gasteiger partial charge in [0.05, 0.1) is 5.69 Å². The van der Waals surface area contributed by atoms with Crippen LogP contribution in [-0.2, 0) is 6.42 Å². The number of nitrogens with zero attached hydrogens (tertiary/aromatic N) is 1. The van der Waals surface area contributed by atoms with Gasteiger partial charge in [0, 0.05) is 12.2 Å². The lowest BCUT2D eigenvalue weighted by Gasteiger charge is -2.09. The van der Waals surface area contributed by atoms with E-state index in [4.69, 9.17) is 12.2 Å². The van der Waals surface area contributed by atoms with E-state index < -0.39 is 0 Å². The number of hydrogen-bond donors (Lipinski definition) is 2. The van der Waals surface area contributed by atoms with Crippen molar-refractivity contribution >= 4 is 18.0 Å². The van der Waals surface area contributed by atoms with Crippen LogP contribution in [0.15, 0.2) is 30.3 Å². The number of anilines is 1. The highest BCUT2D eigenvalue weighted by atomic mass is 32.1. The molecule has 2 N–H and O–H groups in total. The summed E-state index contributed by atoms with van der Waals surface area (Å²) in [6.45, 7) is 1.02. The quantitative estimate of drug-likeness (QED) is 0.756. The van der Waals surface area contributed by atoms with Crippen LogP contribution in [-0.4, -0.2) is 16.1 Å². The predicted molar refractivity (Wildman–Crippen MR) is 72.4 cm³/mol. The zero-order valence-corrected chi connectivity index (χ0v) is 10.4. The highest BCUT2D eigenvalue weighted by Gasteiger charge is 2.15. The largest absolute Gasteiger partial charge is 0.370 e. The number of fused-ring (bicyclic) bond motifs is 1. The molecular weight excluding hydrogens is 230 g/mol. The molecule has 2 aromatic rings. The fourth-order valence-electron chi connectivity index (χ4n) is 2.30. The minimum atomic E-state index is 0.774. The van der Waals surface area contributed by atoms with E-state index in [2.05, 4.69) is 27.0 Å². The van der Waals surface area contributed by atoms with Crippen molar-refractivity contribution in [2.75, 3.05) is 11.9 Å². The number of aryl methyl sites for hydroxylation is 1. The molecule has 0 spiro atoms. The Morgan fingerprint density at radius 3 is 2.76 bits per heavy atom. The zero-order valence-electron chi connectivity index (χ0n) is 9.57. The van der Waals surface area contributed by atoms with E-state index in [9.17, 15) is 0 Å². The van der Waals surface area contributed by atoms with Crippen molar-refractivity contribution in [2.24, 2.45) is 0 Å². The number of rotatable bonds is 1. The van der Waals surface area contributed by atoms with Crippen LogP contribution in [0.1, 0.15) is 18.5 Å². The molecule has 0 fully saturated rings. The molecule has 0 aliphatic carbocycles. The van der Waals surface area contributed by atoms with Crippen molar-refractivity contribution < 1.29 is 0 Å². The van der Waals surface area contributed by atoms with Gasteiger partial charge in [0.25, 0.3) is 0 Å². The molecule has 0 saturated carbocycles. The molecule has 1 aromatic heterocycles.